The number of aryl methyl sites for hydroxylation is 1. The third-order valence-corrected chi connectivity index (χ3v) is 10.0. The van der Waals surface area contributed by atoms with Crippen molar-refractivity contribution in [2.75, 3.05) is 10.8 Å². The van der Waals surface area contributed by atoms with Gasteiger partial charge < -0.3 is 10.2 Å². The van der Waals surface area contributed by atoms with Gasteiger partial charge >= 0.3 is 0 Å². The molecule has 0 radical (unpaired) electrons. The van der Waals surface area contributed by atoms with Crippen molar-refractivity contribution in [3.63, 3.8) is 0 Å². The second-order valence-corrected chi connectivity index (χ2v) is 13.8. The molecule has 0 aliphatic rings. The van der Waals surface area contributed by atoms with Crippen molar-refractivity contribution in [3.8, 4) is 0 Å². The molecule has 236 valence electrons. The molecule has 0 heterocycles. The summed E-state index contributed by atoms with van der Waals surface area (Å²) in [4.78, 5) is 30.2. The zero-order valence-electron chi connectivity index (χ0n) is 25.9. The van der Waals surface area contributed by atoms with Crippen LogP contribution in [0.1, 0.15) is 43.9 Å². The molecule has 0 aliphatic carbocycles. The van der Waals surface area contributed by atoms with Crippen LogP contribution in [0.25, 0.3) is 0 Å². The van der Waals surface area contributed by atoms with Crippen LogP contribution in [0, 0.1) is 0 Å². The predicted octanol–water partition coefficient (Wildman–Crippen LogP) is 6.76. The minimum atomic E-state index is -4.14. The highest BCUT2D eigenvalue weighted by atomic mass is 79.9. The Bertz CT molecular complexity index is 1680. The average molecular weight is 691 g/mol. The fraction of sp³-hybridized carbons (Fsp3) is 0.278. The van der Waals surface area contributed by atoms with Crippen molar-refractivity contribution in [3.05, 3.63) is 130 Å². The van der Waals surface area contributed by atoms with Crippen LogP contribution >= 0.6 is 15.9 Å². The second-order valence-electron chi connectivity index (χ2n) is 11.0. The monoisotopic (exact) mass is 689 g/mol. The first-order valence-corrected chi connectivity index (χ1v) is 17.4. The molecule has 0 saturated carbocycles. The van der Waals surface area contributed by atoms with E-state index in [1.807, 2.05) is 87.5 Å². The van der Waals surface area contributed by atoms with Gasteiger partial charge in [0.25, 0.3) is 10.0 Å². The summed E-state index contributed by atoms with van der Waals surface area (Å²) in [7, 11) is -4.14. The highest BCUT2D eigenvalue weighted by Gasteiger charge is 2.35. The lowest BCUT2D eigenvalue weighted by atomic mass is 10.0. The number of amides is 2. The van der Waals surface area contributed by atoms with E-state index in [2.05, 4.69) is 21.2 Å². The molecule has 0 bridgehead atoms. The number of anilines is 1. The first kappa shape index (κ1) is 33.9. The van der Waals surface area contributed by atoms with E-state index < -0.39 is 28.5 Å². The third kappa shape index (κ3) is 8.83. The van der Waals surface area contributed by atoms with Crippen LogP contribution in [0.2, 0.25) is 0 Å². The highest BCUT2D eigenvalue weighted by molar-refractivity contribution is 9.10. The molecule has 0 unspecified atom stereocenters. The quantitative estimate of drug-likeness (QED) is 0.159. The number of para-hydroxylation sites is 1. The molecule has 1 N–H and O–H groups in total. The van der Waals surface area contributed by atoms with Gasteiger partial charge in [-0.1, -0.05) is 109 Å². The van der Waals surface area contributed by atoms with Crippen LogP contribution in [-0.2, 0) is 39.0 Å². The first-order valence-electron chi connectivity index (χ1n) is 15.2. The maximum absolute atomic E-state index is 14.6. The van der Waals surface area contributed by atoms with E-state index in [4.69, 9.17) is 0 Å². The van der Waals surface area contributed by atoms with Gasteiger partial charge in [0.05, 0.1) is 10.6 Å². The number of carbonyl (C=O) groups excluding carboxylic acids is 2. The highest BCUT2D eigenvalue weighted by Crippen LogP contribution is 2.28. The smallest absolute Gasteiger partial charge is 0.264 e. The van der Waals surface area contributed by atoms with Crippen molar-refractivity contribution in [1.82, 2.24) is 10.2 Å². The van der Waals surface area contributed by atoms with E-state index in [9.17, 15) is 18.0 Å². The summed E-state index contributed by atoms with van der Waals surface area (Å²) in [6.45, 7) is 5.48. The lowest BCUT2D eigenvalue weighted by molar-refractivity contribution is -0.140. The average Bonchev–Trinajstić information content (AvgIpc) is 3.05. The molecule has 0 aromatic heterocycles. The zero-order valence-corrected chi connectivity index (χ0v) is 28.3. The van der Waals surface area contributed by atoms with Gasteiger partial charge in [0.1, 0.15) is 12.6 Å². The van der Waals surface area contributed by atoms with E-state index in [1.54, 1.807) is 30.3 Å². The number of sulfonamides is 1. The molecule has 9 heteroatoms. The number of benzene rings is 4. The molecule has 0 fully saturated rings. The van der Waals surface area contributed by atoms with Gasteiger partial charge in [-0.25, -0.2) is 8.42 Å². The Labute approximate surface area is 275 Å². The Kier molecular flexibility index (Phi) is 12.0. The van der Waals surface area contributed by atoms with Crippen molar-refractivity contribution in [2.45, 2.75) is 63.6 Å². The maximum Gasteiger partial charge on any atom is 0.264 e. The summed E-state index contributed by atoms with van der Waals surface area (Å²) in [6, 6.07) is 31.4. The van der Waals surface area contributed by atoms with Crippen LogP contribution < -0.4 is 9.62 Å². The molecule has 0 aliphatic heterocycles. The molecule has 4 aromatic carbocycles. The van der Waals surface area contributed by atoms with Crippen LogP contribution in [0.4, 0.5) is 5.69 Å². The molecule has 4 aromatic rings. The SMILES string of the molecule is CCc1ccccc1N(CC(=O)N(Cc1cccc(Br)c1)[C@@H](Cc1ccccc1)C(=O)N[C@H](C)CC)S(=O)(=O)c1ccccc1. The molecule has 4 rings (SSSR count). The zero-order chi connectivity index (χ0) is 32.4. The first-order chi connectivity index (χ1) is 21.6. The second kappa shape index (κ2) is 15.9. The van der Waals surface area contributed by atoms with E-state index in [0.717, 1.165) is 27.6 Å². The molecular weight excluding hydrogens is 650 g/mol. The van der Waals surface area contributed by atoms with Crippen LogP contribution in [0.5, 0.6) is 0 Å². The summed E-state index contributed by atoms with van der Waals surface area (Å²) in [5, 5.41) is 3.07. The van der Waals surface area contributed by atoms with Crippen molar-refractivity contribution in [1.29, 1.82) is 0 Å². The van der Waals surface area contributed by atoms with Gasteiger partial charge in [0.2, 0.25) is 11.8 Å². The fourth-order valence-electron chi connectivity index (χ4n) is 5.11. The summed E-state index contributed by atoms with van der Waals surface area (Å²) in [5.41, 5.74) is 2.92. The maximum atomic E-state index is 14.6. The Morgan fingerprint density at radius 1 is 0.822 bits per heavy atom. The molecule has 45 heavy (non-hydrogen) atoms. The Balaban J connectivity index is 1.83. The van der Waals surface area contributed by atoms with E-state index in [-0.39, 0.29) is 29.8 Å². The van der Waals surface area contributed by atoms with E-state index in [0.29, 0.717) is 12.1 Å². The number of rotatable bonds is 14. The molecule has 2 atom stereocenters. The largest absolute Gasteiger partial charge is 0.352 e. The number of carbonyl (C=O) groups is 2. The lowest BCUT2D eigenvalue weighted by Crippen LogP contribution is -2.54. The number of hydrogen-bond donors (Lipinski definition) is 1. The lowest BCUT2D eigenvalue weighted by Gasteiger charge is -2.34. The Hall–Kier alpha value is -3.95. The van der Waals surface area contributed by atoms with Gasteiger partial charge in [0.15, 0.2) is 0 Å². The molecule has 0 spiro atoms. The number of halogens is 1. The molecule has 0 saturated heterocycles. The Morgan fingerprint density at radius 2 is 1.44 bits per heavy atom. The minimum absolute atomic E-state index is 0.0811. The minimum Gasteiger partial charge on any atom is -0.352 e. The number of hydrogen-bond acceptors (Lipinski definition) is 4. The van der Waals surface area contributed by atoms with Crippen molar-refractivity contribution < 1.29 is 18.0 Å². The standard InChI is InChI=1S/C36H40BrN3O4S/c1-4-27(3)38-36(42)34(24-28-15-8-6-9-16-28)39(25-29-17-14-19-31(37)23-29)35(41)26-40(33-22-13-12-18-30(33)5-2)45(43,44)32-20-10-7-11-21-32/h6-23,27,34H,4-5,24-26H2,1-3H3,(H,38,42)/t27-,34+/m1/s1. The number of nitrogens with zero attached hydrogens (tertiary/aromatic N) is 2. The van der Waals surface area contributed by atoms with Crippen molar-refractivity contribution >= 4 is 43.5 Å². The molecular formula is C36H40BrN3O4S. The van der Waals surface area contributed by atoms with Gasteiger partial charge in [-0.05, 0) is 66.8 Å². The van der Waals surface area contributed by atoms with Gasteiger partial charge in [-0.2, -0.15) is 0 Å². The molecule has 2 amide bonds. The fourth-order valence-corrected chi connectivity index (χ4v) is 7.03. The van der Waals surface area contributed by atoms with Crippen LogP contribution in [0.3, 0.4) is 0 Å². The van der Waals surface area contributed by atoms with Gasteiger partial charge in [-0.15, -0.1) is 0 Å². The van der Waals surface area contributed by atoms with E-state index in [1.165, 1.54) is 21.3 Å². The van der Waals surface area contributed by atoms with Crippen LogP contribution in [0.15, 0.2) is 119 Å². The predicted molar refractivity (Wildman–Crippen MR) is 183 cm³/mol. The molecule has 7 nitrogen and oxygen atoms in total. The normalized spacial score (nSPS) is 12.6. The van der Waals surface area contributed by atoms with E-state index >= 15 is 0 Å². The van der Waals surface area contributed by atoms with Gasteiger partial charge in [0, 0.05) is 23.5 Å². The summed E-state index contributed by atoms with van der Waals surface area (Å²) in [6.07, 6.45) is 1.56. The Morgan fingerprint density at radius 3 is 2.09 bits per heavy atom. The van der Waals surface area contributed by atoms with Crippen molar-refractivity contribution in [2.24, 2.45) is 0 Å². The van der Waals surface area contributed by atoms with Crippen LogP contribution in [-0.4, -0.2) is 43.8 Å². The van der Waals surface area contributed by atoms with Gasteiger partial charge in [-0.3, -0.25) is 13.9 Å². The third-order valence-electron chi connectivity index (χ3n) is 7.77. The summed E-state index contributed by atoms with van der Waals surface area (Å²) < 4.78 is 30.4. The summed E-state index contributed by atoms with van der Waals surface area (Å²) in [5.74, 6) is -0.774. The number of nitrogens with one attached hydrogen (secondary N) is 1. The summed E-state index contributed by atoms with van der Waals surface area (Å²) >= 11 is 3.52. The topological polar surface area (TPSA) is 86.8 Å².